The number of rotatable bonds is 0. The molecule has 0 saturated carbocycles. The van der Waals surface area contributed by atoms with Crippen molar-refractivity contribution in [3.05, 3.63) is 0 Å². The standard InChI is InChI=1S/C11H22O/c1-10(2,3)9-11(4,5)7-6-8-12-9/h9H,6-8H2,1-5H3/t9-/m0/s1. The van der Waals surface area contributed by atoms with E-state index in [0.717, 1.165) is 6.61 Å². The van der Waals surface area contributed by atoms with Crippen LogP contribution in [-0.2, 0) is 4.74 Å². The Balaban J connectivity index is 2.73. The maximum atomic E-state index is 5.86. The maximum absolute atomic E-state index is 5.86. The molecule has 0 aromatic heterocycles. The quantitative estimate of drug-likeness (QED) is 0.542. The van der Waals surface area contributed by atoms with Crippen molar-refractivity contribution in [3.8, 4) is 0 Å². The molecule has 72 valence electrons. The molecule has 0 unspecified atom stereocenters. The Morgan fingerprint density at radius 2 is 1.83 bits per heavy atom. The van der Waals surface area contributed by atoms with Crippen molar-refractivity contribution in [2.45, 2.75) is 53.6 Å². The van der Waals surface area contributed by atoms with E-state index in [1.165, 1.54) is 12.8 Å². The smallest absolute Gasteiger partial charge is 0.0674 e. The van der Waals surface area contributed by atoms with Gasteiger partial charge in [-0.05, 0) is 23.7 Å². The van der Waals surface area contributed by atoms with Crippen LogP contribution in [-0.4, -0.2) is 12.7 Å². The predicted octanol–water partition coefficient (Wildman–Crippen LogP) is 3.24. The number of hydrogen-bond acceptors (Lipinski definition) is 1. The van der Waals surface area contributed by atoms with E-state index in [2.05, 4.69) is 34.6 Å². The van der Waals surface area contributed by atoms with Crippen molar-refractivity contribution < 1.29 is 4.74 Å². The molecule has 1 rings (SSSR count). The van der Waals surface area contributed by atoms with Crippen LogP contribution in [0.4, 0.5) is 0 Å². The lowest BCUT2D eigenvalue weighted by Crippen LogP contribution is -2.45. The molecule has 1 nitrogen and oxygen atoms in total. The molecule has 0 aromatic rings. The summed E-state index contributed by atoms with van der Waals surface area (Å²) in [6.45, 7) is 12.4. The molecule has 1 atom stereocenters. The van der Waals surface area contributed by atoms with E-state index >= 15 is 0 Å². The summed E-state index contributed by atoms with van der Waals surface area (Å²) in [6, 6.07) is 0. The minimum absolute atomic E-state index is 0.282. The third-order valence-corrected chi connectivity index (χ3v) is 2.75. The molecule has 1 aliphatic heterocycles. The van der Waals surface area contributed by atoms with Crippen LogP contribution in [0.3, 0.4) is 0 Å². The Bertz CT molecular complexity index is 153. The molecule has 0 aliphatic carbocycles. The Morgan fingerprint density at radius 3 is 2.17 bits per heavy atom. The second kappa shape index (κ2) is 3.02. The van der Waals surface area contributed by atoms with Gasteiger partial charge >= 0.3 is 0 Å². The lowest BCUT2D eigenvalue weighted by Gasteiger charge is -2.45. The second-order valence-electron chi connectivity index (χ2n) is 5.71. The summed E-state index contributed by atoms with van der Waals surface area (Å²) in [6.07, 6.45) is 2.94. The van der Waals surface area contributed by atoms with Gasteiger partial charge in [0.05, 0.1) is 6.10 Å². The minimum atomic E-state index is 0.282. The van der Waals surface area contributed by atoms with E-state index in [-0.39, 0.29) is 5.41 Å². The zero-order valence-corrected chi connectivity index (χ0v) is 9.11. The van der Waals surface area contributed by atoms with Gasteiger partial charge in [-0.3, -0.25) is 0 Å². The molecule has 1 fully saturated rings. The van der Waals surface area contributed by atoms with Crippen LogP contribution in [0.1, 0.15) is 47.5 Å². The zero-order chi connectivity index (χ0) is 9.41. The first-order valence-electron chi connectivity index (χ1n) is 4.96. The van der Waals surface area contributed by atoms with Gasteiger partial charge in [0, 0.05) is 6.61 Å². The summed E-state index contributed by atoms with van der Waals surface area (Å²) < 4.78 is 5.86. The molecule has 1 heteroatoms. The highest BCUT2D eigenvalue weighted by Gasteiger charge is 2.40. The van der Waals surface area contributed by atoms with E-state index in [9.17, 15) is 0 Å². The molecule has 0 radical (unpaired) electrons. The topological polar surface area (TPSA) is 9.23 Å². The zero-order valence-electron chi connectivity index (χ0n) is 9.11. The van der Waals surface area contributed by atoms with Crippen LogP contribution in [0.5, 0.6) is 0 Å². The third-order valence-electron chi connectivity index (χ3n) is 2.75. The normalized spacial score (nSPS) is 30.2. The van der Waals surface area contributed by atoms with Crippen LogP contribution in [0.25, 0.3) is 0 Å². The van der Waals surface area contributed by atoms with Gasteiger partial charge in [0.25, 0.3) is 0 Å². The number of ether oxygens (including phenoxy) is 1. The van der Waals surface area contributed by atoms with Crippen molar-refractivity contribution in [2.24, 2.45) is 10.8 Å². The molecule has 0 amide bonds. The highest BCUT2D eigenvalue weighted by Crippen LogP contribution is 2.42. The average Bonchev–Trinajstić information content (AvgIpc) is 1.83. The van der Waals surface area contributed by atoms with Gasteiger partial charge in [0.1, 0.15) is 0 Å². The van der Waals surface area contributed by atoms with E-state index < -0.39 is 0 Å². The first kappa shape index (κ1) is 10.0. The SMILES string of the molecule is CC(C)(C)[C@@H]1OCCCC1(C)C. The minimum Gasteiger partial charge on any atom is -0.377 e. The summed E-state index contributed by atoms with van der Waals surface area (Å²) in [5.41, 5.74) is 0.639. The molecule has 12 heavy (non-hydrogen) atoms. The van der Waals surface area contributed by atoms with Crippen LogP contribution >= 0.6 is 0 Å². The van der Waals surface area contributed by atoms with Crippen LogP contribution in [0, 0.1) is 10.8 Å². The Hall–Kier alpha value is -0.0400. The molecule has 0 N–H and O–H groups in total. The maximum Gasteiger partial charge on any atom is 0.0674 e. The monoisotopic (exact) mass is 170 g/mol. The van der Waals surface area contributed by atoms with Crippen LogP contribution in [0.15, 0.2) is 0 Å². The molecular weight excluding hydrogens is 148 g/mol. The summed E-state index contributed by atoms with van der Waals surface area (Å²) in [7, 11) is 0. The molecule has 0 aromatic carbocycles. The van der Waals surface area contributed by atoms with Crippen molar-refractivity contribution >= 4 is 0 Å². The molecule has 1 heterocycles. The summed E-state index contributed by atoms with van der Waals surface area (Å²) >= 11 is 0. The summed E-state index contributed by atoms with van der Waals surface area (Å²) in [5.74, 6) is 0. The van der Waals surface area contributed by atoms with Gasteiger partial charge in [-0.1, -0.05) is 34.6 Å². The van der Waals surface area contributed by atoms with Gasteiger partial charge in [0.2, 0.25) is 0 Å². The molecule has 0 spiro atoms. The van der Waals surface area contributed by atoms with Gasteiger partial charge < -0.3 is 4.74 Å². The van der Waals surface area contributed by atoms with Gasteiger partial charge in [-0.2, -0.15) is 0 Å². The Kier molecular flexibility index (Phi) is 2.53. The van der Waals surface area contributed by atoms with Gasteiger partial charge in [0.15, 0.2) is 0 Å². The van der Waals surface area contributed by atoms with E-state index in [0.29, 0.717) is 11.5 Å². The van der Waals surface area contributed by atoms with Gasteiger partial charge in [-0.15, -0.1) is 0 Å². The summed E-state index contributed by atoms with van der Waals surface area (Å²) in [4.78, 5) is 0. The molecule has 0 bridgehead atoms. The highest BCUT2D eigenvalue weighted by molar-refractivity contribution is 4.89. The van der Waals surface area contributed by atoms with E-state index in [1.54, 1.807) is 0 Å². The molecule has 1 saturated heterocycles. The van der Waals surface area contributed by atoms with Crippen molar-refractivity contribution in [1.29, 1.82) is 0 Å². The fourth-order valence-electron chi connectivity index (χ4n) is 2.51. The van der Waals surface area contributed by atoms with Crippen LogP contribution < -0.4 is 0 Å². The Morgan fingerprint density at radius 1 is 1.25 bits per heavy atom. The number of hydrogen-bond donors (Lipinski definition) is 0. The first-order valence-corrected chi connectivity index (χ1v) is 4.96. The highest BCUT2D eigenvalue weighted by atomic mass is 16.5. The lowest BCUT2D eigenvalue weighted by molar-refractivity contribution is -0.121. The van der Waals surface area contributed by atoms with E-state index in [1.807, 2.05) is 0 Å². The fourth-order valence-corrected chi connectivity index (χ4v) is 2.51. The molecule has 1 aliphatic rings. The molecular formula is C11H22O. The average molecular weight is 170 g/mol. The van der Waals surface area contributed by atoms with Gasteiger partial charge in [-0.25, -0.2) is 0 Å². The van der Waals surface area contributed by atoms with Crippen molar-refractivity contribution in [2.75, 3.05) is 6.61 Å². The second-order valence-corrected chi connectivity index (χ2v) is 5.71. The Labute approximate surface area is 76.5 Å². The van der Waals surface area contributed by atoms with E-state index in [4.69, 9.17) is 4.74 Å². The van der Waals surface area contributed by atoms with Crippen molar-refractivity contribution in [3.63, 3.8) is 0 Å². The van der Waals surface area contributed by atoms with Crippen LogP contribution in [0.2, 0.25) is 0 Å². The lowest BCUT2D eigenvalue weighted by atomic mass is 9.69. The third kappa shape index (κ3) is 2.01. The fraction of sp³-hybridized carbons (Fsp3) is 1.00. The largest absolute Gasteiger partial charge is 0.377 e. The van der Waals surface area contributed by atoms with Crippen molar-refractivity contribution in [1.82, 2.24) is 0 Å². The summed E-state index contributed by atoms with van der Waals surface area (Å²) in [5, 5.41) is 0. The predicted molar refractivity (Wildman–Crippen MR) is 52.2 cm³/mol. The first-order chi connectivity index (χ1) is 5.34.